The number of hydrogen-bond acceptors (Lipinski definition) is 3. The van der Waals surface area contributed by atoms with Gasteiger partial charge in [0.1, 0.15) is 0 Å². The van der Waals surface area contributed by atoms with Crippen LogP contribution in [-0.4, -0.2) is 54.5 Å². The van der Waals surface area contributed by atoms with Crippen LogP contribution in [0.15, 0.2) is 18.2 Å². The van der Waals surface area contributed by atoms with Crippen LogP contribution in [0.3, 0.4) is 0 Å². The number of aryl methyl sites for hydroxylation is 2. The predicted octanol–water partition coefficient (Wildman–Crippen LogP) is 2.66. The first-order chi connectivity index (χ1) is 14.4. The Kier molecular flexibility index (Phi) is 7.71. The molecule has 30 heavy (non-hydrogen) atoms. The summed E-state index contributed by atoms with van der Waals surface area (Å²) in [6.45, 7) is 5.07. The Labute approximate surface area is 179 Å². The first kappa shape index (κ1) is 22.1. The zero-order valence-electron chi connectivity index (χ0n) is 18.1. The van der Waals surface area contributed by atoms with Crippen molar-refractivity contribution < 1.29 is 14.4 Å². The molecule has 7 nitrogen and oxygen atoms in total. The van der Waals surface area contributed by atoms with Crippen LogP contribution in [0.2, 0.25) is 0 Å². The third-order valence-corrected chi connectivity index (χ3v) is 6.01. The molecular formula is C23H34N4O3. The van der Waals surface area contributed by atoms with Crippen molar-refractivity contribution in [3.63, 3.8) is 0 Å². The molecule has 1 saturated heterocycles. The Bertz CT molecular complexity index is 745. The van der Waals surface area contributed by atoms with Crippen molar-refractivity contribution in [2.75, 3.05) is 19.6 Å². The molecule has 1 heterocycles. The molecule has 0 aromatic heterocycles. The Morgan fingerprint density at radius 1 is 0.867 bits per heavy atom. The number of rotatable bonds is 5. The molecule has 3 N–H and O–H groups in total. The number of carbonyl (C=O) groups excluding carboxylic acids is 3. The van der Waals surface area contributed by atoms with Gasteiger partial charge in [0.25, 0.3) is 5.91 Å². The van der Waals surface area contributed by atoms with Gasteiger partial charge in [-0.3, -0.25) is 9.59 Å². The fraction of sp³-hybridized carbons (Fsp3) is 0.609. The molecule has 0 spiro atoms. The Morgan fingerprint density at radius 3 is 2.03 bits per heavy atom. The van der Waals surface area contributed by atoms with E-state index in [9.17, 15) is 14.4 Å². The van der Waals surface area contributed by atoms with Gasteiger partial charge in [-0.15, -0.1) is 0 Å². The normalized spacial score (nSPS) is 18.0. The van der Waals surface area contributed by atoms with Crippen molar-refractivity contribution in [1.82, 2.24) is 20.9 Å². The van der Waals surface area contributed by atoms with Gasteiger partial charge < -0.3 is 20.9 Å². The Balaban J connectivity index is 1.37. The molecule has 7 heteroatoms. The van der Waals surface area contributed by atoms with Crippen LogP contribution in [0.4, 0.5) is 4.79 Å². The van der Waals surface area contributed by atoms with Crippen molar-refractivity contribution in [2.24, 2.45) is 0 Å². The maximum atomic E-state index is 12.5. The van der Waals surface area contributed by atoms with Crippen molar-refractivity contribution in [2.45, 2.75) is 70.9 Å². The summed E-state index contributed by atoms with van der Waals surface area (Å²) in [7, 11) is 0. The second-order valence-corrected chi connectivity index (χ2v) is 8.67. The lowest BCUT2D eigenvalue weighted by Gasteiger charge is -2.33. The van der Waals surface area contributed by atoms with Crippen molar-refractivity contribution in [1.29, 1.82) is 0 Å². The molecule has 1 aromatic rings. The number of carbonyl (C=O) groups is 3. The molecular weight excluding hydrogens is 380 g/mol. The smallest absolute Gasteiger partial charge is 0.315 e. The van der Waals surface area contributed by atoms with Crippen LogP contribution >= 0.6 is 0 Å². The fourth-order valence-electron chi connectivity index (χ4n) is 4.41. The molecule has 1 aromatic carbocycles. The molecule has 2 fully saturated rings. The minimum absolute atomic E-state index is 0.00785. The van der Waals surface area contributed by atoms with E-state index < -0.39 is 0 Å². The summed E-state index contributed by atoms with van der Waals surface area (Å²) < 4.78 is 0. The zero-order valence-corrected chi connectivity index (χ0v) is 18.1. The highest BCUT2D eigenvalue weighted by Crippen LogP contribution is 2.17. The van der Waals surface area contributed by atoms with E-state index in [0.29, 0.717) is 24.7 Å². The van der Waals surface area contributed by atoms with E-state index >= 15 is 0 Å². The van der Waals surface area contributed by atoms with E-state index in [1.807, 2.05) is 32.0 Å². The topological polar surface area (TPSA) is 90.5 Å². The van der Waals surface area contributed by atoms with Crippen LogP contribution in [0.25, 0.3) is 0 Å². The standard InChI is InChI=1S/C23H34N4O3/c1-16-12-17(2)14-18(13-16)22(29)24-15-21(28)27-10-8-20(9-11-27)26-23(30)25-19-6-4-3-5-7-19/h12-14,19-20H,3-11,15H2,1-2H3,(H,24,29)(H2,25,26,30). The predicted molar refractivity (Wildman–Crippen MR) is 116 cm³/mol. The largest absolute Gasteiger partial charge is 0.343 e. The second-order valence-electron chi connectivity index (χ2n) is 8.67. The van der Waals surface area contributed by atoms with Gasteiger partial charge in [-0.25, -0.2) is 4.79 Å². The van der Waals surface area contributed by atoms with Crippen LogP contribution in [-0.2, 0) is 4.79 Å². The van der Waals surface area contributed by atoms with E-state index in [1.54, 1.807) is 4.90 Å². The van der Waals surface area contributed by atoms with Gasteiger partial charge >= 0.3 is 6.03 Å². The number of nitrogens with one attached hydrogen (secondary N) is 3. The lowest BCUT2D eigenvalue weighted by atomic mass is 9.96. The minimum atomic E-state index is -0.230. The highest BCUT2D eigenvalue weighted by molar-refractivity contribution is 5.96. The number of amides is 4. The van der Waals surface area contributed by atoms with Gasteiger partial charge in [-0.1, -0.05) is 36.5 Å². The average molecular weight is 415 g/mol. The summed E-state index contributed by atoms with van der Waals surface area (Å²) in [5.41, 5.74) is 2.62. The monoisotopic (exact) mass is 414 g/mol. The molecule has 0 bridgehead atoms. The number of urea groups is 1. The number of nitrogens with zero attached hydrogens (tertiary/aromatic N) is 1. The van der Waals surface area contributed by atoms with Gasteiger partial charge in [-0.05, 0) is 51.7 Å². The van der Waals surface area contributed by atoms with Crippen LogP contribution in [0.1, 0.15) is 66.4 Å². The maximum absolute atomic E-state index is 12.5. The molecule has 1 saturated carbocycles. The van der Waals surface area contributed by atoms with Gasteiger partial charge in [0.2, 0.25) is 5.91 Å². The first-order valence-electron chi connectivity index (χ1n) is 11.1. The lowest BCUT2D eigenvalue weighted by Crippen LogP contribution is -2.52. The van der Waals surface area contributed by atoms with Gasteiger partial charge in [0, 0.05) is 30.7 Å². The van der Waals surface area contributed by atoms with E-state index in [1.165, 1.54) is 19.3 Å². The van der Waals surface area contributed by atoms with Crippen LogP contribution in [0, 0.1) is 13.8 Å². The molecule has 1 aliphatic heterocycles. The third-order valence-electron chi connectivity index (χ3n) is 6.01. The molecule has 0 atom stereocenters. The molecule has 3 rings (SSSR count). The molecule has 0 radical (unpaired) electrons. The number of likely N-dealkylation sites (tertiary alicyclic amines) is 1. The lowest BCUT2D eigenvalue weighted by molar-refractivity contribution is -0.131. The fourth-order valence-corrected chi connectivity index (χ4v) is 4.41. The molecule has 2 aliphatic rings. The Hall–Kier alpha value is -2.57. The van der Waals surface area contributed by atoms with E-state index in [4.69, 9.17) is 0 Å². The maximum Gasteiger partial charge on any atom is 0.315 e. The van der Waals surface area contributed by atoms with E-state index in [-0.39, 0.29) is 30.4 Å². The minimum Gasteiger partial charge on any atom is -0.343 e. The van der Waals surface area contributed by atoms with Crippen molar-refractivity contribution >= 4 is 17.8 Å². The third kappa shape index (κ3) is 6.47. The van der Waals surface area contributed by atoms with E-state index in [2.05, 4.69) is 16.0 Å². The van der Waals surface area contributed by atoms with Crippen molar-refractivity contribution in [3.8, 4) is 0 Å². The molecule has 0 unspecified atom stereocenters. The molecule has 1 aliphatic carbocycles. The molecule has 164 valence electrons. The summed E-state index contributed by atoms with van der Waals surface area (Å²) >= 11 is 0. The highest BCUT2D eigenvalue weighted by atomic mass is 16.2. The number of piperidine rings is 1. The Morgan fingerprint density at radius 2 is 1.43 bits per heavy atom. The summed E-state index contributed by atoms with van der Waals surface area (Å²) in [5, 5.41) is 8.86. The van der Waals surface area contributed by atoms with Gasteiger partial charge in [-0.2, -0.15) is 0 Å². The second kappa shape index (κ2) is 10.5. The summed E-state index contributed by atoms with van der Waals surface area (Å²) in [4.78, 5) is 38.8. The zero-order chi connectivity index (χ0) is 21.5. The average Bonchev–Trinajstić information content (AvgIpc) is 2.72. The number of benzene rings is 1. The van der Waals surface area contributed by atoms with Crippen LogP contribution < -0.4 is 16.0 Å². The van der Waals surface area contributed by atoms with Gasteiger partial charge in [0.15, 0.2) is 0 Å². The molecule has 4 amide bonds. The number of hydrogen-bond donors (Lipinski definition) is 3. The summed E-state index contributed by atoms with van der Waals surface area (Å²) in [6, 6.07) is 5.94. The summed E-state index contributed by atoms with van der Waals surface area (Å²) in [5.74, 6) is -0.316. The van der Waals surface area contributed by atoms with Gasteiger partial charge in [0.05, 0.1) is 6.54 Å². The highest BCUT2D eigenvalue weighted by Gasteiger charge is 2.25. The first-order valence-corrected chi connectivity index (χ1v) is 11.1. The van der Waals surface area contributed by atoms with Crippen molar-refractivity contribution in [3.05, 3.63) is 34.9 Å². The SMILES string of the molecule is Cc1cc(C)cc(C(=O)NCC(=O)N2CCC(NC(=O)NC3CCCCC3)CC2)c1. The summed E-state index contributed by atoms with van der Waals surface area (Å²) in [6.07, 6.45) is 7.22. The van der Waals surface area contributed by atoms with Crippen LogP contribution in [0.5, 0.6) is 0 Å². The quantitative estimate of drug-likeness (QED) is 0.692. The van der Waals surface area contributed by atoms with E-state index in [0.717, 1.165) is 36.8 Å².